The minimum Gasteiger partial charge on any atom is -0.315 e. The van der Waals surface area contributed by atoms with E-state index in [1.54, 1.807) is 11.1 Å². The van der Waals surface area contributed by atoms with Gasteiger partial charge in [0.25, 0.3) is 0 Å². The van der Waals surface area contributed by atoms with Crippen molar-refractivity contribution < 1.29 is 0 Å². The zero-order valence-corrected chi connectivity index (χ0v) is 9.78. The van der Waals surface area contributed by atoms with Gasteiger partial charge < -0.3 is 5.32 Å². The number of fused-ring (bicyclic) bond motifs is 1. The minimum atomic E-state index is 0.766. The molecule has 1 fully saturated rings. The number of hydrogen-bond donors (Lipinski definition) is 1. The van der Waals surface area contributed by atoms with E-state index in [0.717, 1.165) is 12.6 Å². The molecule has 0 spiro atoms. The van der Waals surface area contributed by atoms with Gasteiger partial charge in [-0.3, -0.25) is 4.90 Å². The van der Waals surface area contributed by atoms with Gasteiger partial charge in [0, 0.05) is 25.7 Å². The van der Waals surface area contributed by atoms with E-state index >= 15 is 0 Å². The summed E-state index contributed by atoms with van der Waals surface area (Å²) in [6, 6.07) is 9.67. The van der Waals surface area contributed by atoms with Gasteiger partial charge in [-0.05, 0) is 36.9 Å². The van der Waals surface area contributed by atoms with Crippen molar-refractivity contribution in [2.24, 2.45) is 0 Å². The molecule has 2 aliphatic rings. The molecule has 1 N–H and O–H groups in total. The maximum absolute atomic E-state index is 3.51. The molecule has 1 atom stereocenters. The first-order chi connectivity index (χ1) is 7.93. The quantitative estimate of drug-likeness (QED) is 0.770. The van der Waals surface area contributed by atoms with E-state index in [4.69, 9.17) is 0 Å². The fourth-order valence-electron chi connectivity index (χ4n) is 2.97. The normalized spacial score (nSPS) is 26.4. The Hall–Kier alpha value is -0.860. The number of rotatable bonds is 1. The van der Waals surface area contributed by atoms with E-state index < -0.39 is 0 Å². The van der Waals surface area contributed by atoms with Crippen LogP contribution in [0.15, 0.2) is 24.3 Å². The van der Waals surface area contributed by atoms with Crippen LogP contribution < -0.4 is 5.32 Å². The molecule has 2 heterocycles. The van der Waals surface area contributed by atoms with Crippen LogP contribution >= 0.6 is 0 Å². The van der Waals surface area contributed by atoms with Crippen LogP contribution in [0.4, 0.5) is 0 Å². The highest BCUT2D eigenvalue weighted by atomic mass is 15.2. The smallest absolute Gasteiger partial charge is 0.0240 e. The van der Waals surface area contributed by atoms with E-state index in [9.17, 15) is 0 Å². The van der Waals surface area contributed by atoms with E-state index in [2.05, 4.69) is 34.5 Å². The molecule has 2 nitrogen and oxygen atoms in total. The molecule has 86 valence electrons. The van der Waals surface area contributed by atoms with Crippen LogP contribution in [-0.2, 0) is 13.0 Å². The molecular weight excluding hydrogens is 196 g/mol. The monoisotopic (exact) mass is 216 g/mol. The lowest BCUT2D eigenvalue weighted by molar-refractivity contribution is 0.151. The highest BCUT2D eigenvalue weighted by Crippen LogP contribution is 2.22. The summed E-state index contributed by atoms with van der Waals surface area (Å²) in [5.41, 5.74) is 3.10. The molecule has 0 radical (unpaired) electrons. The Morgan fingerprint density at radius 2 is 2.06 bits per heavy atom. The summed E-state index contributed by atoms with van der Waals surface area (Å²) in [5.74, 6) is 0. The number of hydrogen-bond acceptors (Lipinski definition) is 2. The molecule has 0 aliphatic carbocycles. The van der Waals surface area contributed by atoms with Crippen LogP contribution in [0.1, 0.15) is 24.0 Å². The van der Waals surface area contributed by atoms with Gasteiger partial charge in [-0.1, -0.05) is 24.3 Å². The van der Waals surface area contributed by atoms with Crippen molar-refractivity contribution in [3.8, 4) is 0 Å². The molecule has 2 heteroatoms. The topological polar surface area (TPSA) is 15.3 Å². The maximum atomic E-state index is 3.51. The Bertz CT molecular complexity index is 356. The van der Waals surface area contributed by atoms with Crippen molar-refractivity contribution >= 4 is 0 Å². The summed E-state index contributed by atoms with van der Waals surface area (Å²) in [7, 11) is 0. The second kappa shape index (κ2) is 4.56. The standard InChI is InChI=1S/C14H20N2/c1-2-5-13-11-16(9-7-12(13)4-1)14-6-3-8-15-10-14/h1-2,4-5,14-15H,3,6-11H2/t14-/m1/s1. The van der Waals surface area contributed by atoms with E-state index in [1.165, 1.54) is 38.9 Å². The van der Waals surface area contributed by atoms with Crippen LogP contribution in [-0.4, -0.2) is 30.6 Å². The highest BCUT2D eigenvalue weighted by Gasteiger charge is 2.24. The zero-order chi connectivity index (χ0) is 10.8. The summed E-state index contributed by atoms with van der Waals surface area (Å²) in [6.45, 7) is 4.79. The van der Waals surface area contributed by atoms with Gasteiger partial charge >= 0.3 is 0 Å². The van der Waals surface area contributed by atoms with Crippen molar-refractivity contribution in [3.05, 3.63) is 35.4 Å². The van der Waals surface area contributed by atoms with Crippen LogP contribution in [0.2, 0.25) is 0 Å². The molecule has 1 aromatic carbocycles. The number of nitrogens with one attached hydrogen (secondary N) is 1. The van der Waals surface area contributed by atoms with Gasteiger partial charge in [-0.2, -0.15) is 0 Å². The lowest BCUT2D eigenvalue weighted by Crippen LogP contribution is -2.47. The van der Waals surface area contributed by atoms with Crippen molar-refractivity contribution in [2.45, 2.75) is 31.8 Å². The first kappa shape index (κ1) is 10.3. The van der Waals surface area contributed by atoms with Crippen molar-refractivity contribution in [1.82, 2.24) is 10.2 Å². The fourth-order valence-corrected chi connectivity index (χ4v) is 2.97. The summed E-state index contributed by atoms with van der Waals surface area (Å²) in [5, 5.41) is 3.51. The lowest BCUT2D eigenvalue weighted by Gasteiger charge is -2.37. The molecule has 0 saturated carbocycles. The Morgan fingerprint density at radius 1 is 1.19 bits per heavy atom. The van der Waals surface area contributed by atoms with Crippen molar-refractivity contribution in [1.29, 1.82) is 0 Å². The van der Waals surface area contributed by atoms with Gasteiger partial charge in [-0.15, -0.1) is 0 Å². The summed E-state index contributed by atoms with van der Waals surface area (Å²) >= 11 is 0. The van der Waals surface area contributed by atoms with Gasteiger partial charge in [-0.25, -0.2) is 0 Å². The third-order valence-corrected chi connectivity index (χ3v) is 3.95. The van der Waals surface area contributed by atoms with Crippen LogP contribution in [0.5, 0.6) is 0 Å². The zero-order valence-electron chi connectivity index (χ0n) is 9.78. The maximum Gasteiger partial charge on any atom is 0.0240 e. The van der Waals surface area contributed by atoms with Gasteiger partial charge in [0.1, 0.15) is 0 Å². The largest absolute Gasteiger partial charge is 0.315 e. The van der Waals surface area contributed by atoms with Crippen LogP contribution in [0, 0.1) is 0 Å². The Kier molecular flexibility index (Phi) is 2.94. The third kappa shape index (κ3) is 2.00. The molecule has 1 saturated heterocycles. The molecule has 0 amide bonds. The molecule has 1 aromatic rings. The molecule has 3 rings (SSSR count). The predicted octanol–water partition coefficient (Wildman–Crippen LogP) is 1.80. The van der Waals surface area contributed by atoms with E-state index in [1.807, 2.05) is 0 Å². The molecule has 0 unspecified atom stereocenters. The van der Waals surface area contributed by atoms with Gasteiger partial charge in [0.2, 0.25) is 0 Å². The first-order valence-electron chi connectivity index (χ1n) is 6.45. The van der Waals surface area contributed by atoms with E-state index in [0.29, 0.717) is 0 Å². The number of benzene rings is 1. The van der Waals surface area contributed by atoms with Gasteiger partial charge in [0.05, 0.1) is 0 Å². The average molecular weight is 216 g/mol. The summed E-state index contributed by atoms with van der Waals surface area (Å²) in [4.78, 5) is 2.66. The summed E-state index contributed by atoms with van der Waals surface area (Å²) in [6.07, 6.45) is 3.94. The molecular formula is C14H20N2. The second-order valence-electron chi connectivity index (χ2n) is 4.99. The van der Waals surface area contributed by atoms with E-state index in [-0.39, 0.29) is 0 Å². The first-order valence-corrected chi connectivity index (χ1v) is 6.45. The second-order valence-corrected chi connectivity index (χ2v) is 4.99. The lowest BCUT2D eigenvalue weighted by atomic mass is 9.96. The van der Waals surface area contributed by atoms with Crippen molar-refractivity contribution in [2.75, 3.05) is 19.6 Å². The Morgan fingerprint density at radius 3 is 2.88 bits per heavy atom. The Balaban J connectivity index is 1.72. The number of piperidine rings is 1. The summed E-state index contributed by atoms with van der Waals surface area (Å²) < 4.78 is 0. The molecule has 2 aliphatic heterocycles. The van der Waals surface area contributed by atoms with Gasteiger partial charge in [0.15, 0.2) is 0 Å². The minimum absolute atomic E-state index is 0.766. The molecule has 0 aromatic heterocycles. The predicted molar refractivity (Wildman–Crippen MR) is 66.4 cm³/mol. The number of nitrogens with zero attached hydrogens (tertiary/aromatic N) is 1. The van der Waals surface area contributed by atoms with Crippen molar-refractivity contribution in [3.63, 3.8) is 0 Å². The third-order valence-electron chi connectivity index (χ3n) is 3.95. The Labute approximate surface area is 97.6 Å². The molecule has 16 heavy (non-hydrogen) atoms. The average Bonchev–Trinajstić information content (AvgIpc) is 2.39. The fraction of sp³-hybridized carbons (Fsp3) is 0.571. The van der Waals surface area contributed by atoms with Crippen LogP contribution in [0.3, 0.4) is 0 Å². The highest BCUT2D eigenvalue weighted by molar-refractivity contribution is 5.29. The van der Waals surface area contributed by atoms with Crippen LogP contribution in [0.25, 0.3) is 0 Å². The molecule has 0 bridgehead atoms. The SMILES string of the molecule is c1ccc2c(c1)CCN([C@@H]1CCCNC1)C2.